The average Bonchev–Trinajstić information content (AvgIpc) is 3.27. The van der Waals surface area contributed by atoms with Crippen molar-refractivity contribution in [2.75, 3.05) is 26.2 Å². The maximum atomic E-state index is 13.5. The number of alkyl halides is 3. The van der Waals surface area contributed by atoms with Crippen LogP contribution in [0.15, 0.2) is 70.9 Å². The molecule has 0 fully saturated rings. The minimum absolute atomic E-state index is 0.102. The van der Waals surface area contributed by atoms with Gasteiger partial charge in [0.1, 0.15) is 0 Å². The largest absolute Gasteiger partial charge is 0.416 e. The molecular formula is C24H23F3N4O. The van der Waals surface area contributed by atoms with Crippen LogP contribution >= 0.6 is 0 Å². The van der Waals surface area contributed by atoms with E-state index in [0.717, 1.165) is 49.5 Å². The van der Waals surface area contributed by atoms with Crippen molar-refractivity contribution in [1.82, 2.24) is 14.7 Å². The van der Waals surface area contributed by atoms with Crippen molar-refractivity contribution in [2.45, 2.75) is 25.7 Å². The first-order valence-electron chi connectivity index (χ1n) is 10.7. The second kappa shape index (κ2) is 8.09. The molecule has 5 rings (SSSR count). The van der Waals surface area contributed by atoms with E-state index in [1.807, 2.05) is 18.2 Å². The van der Waals surface area contributed by atoms with Crippen LogP contribution in [0.3, 0.4) is 0 Å². The number of guanidine groups is 1. The molecule has 5 nitrogen and oxygen atoms in total. The Bertz CT molecular complexity index is 1080. The number of amides is 1. The zero-order chi connectivity index (χ0) is 22.3. The van der Waals surface area contributed by atoms with Gasteiger partial charge in [0, 0.05) is 38.3 Å². The Morgan fingerprint density at radius 2 is 1.62 bits per heavy atom. The van der Waals surface area contributed by atoms with Crippen molar-refractivity contribution in [1.29, 1.82) is 0 Å². The Labute approximate surface area is 184 Å². The molecule has 1 amide bonds. The van der Waals surface area contributed by atoms with E-state index in [1.54, 1.807) is 4.90 Å². The number of nitrogens with zero attached hydrogens (tertiary/aromatic N) is 4. The molecule has 166 valence electrons. The molecular weight excluding hydrogens is 417 g/mol. The summed E-state index contributed by atoms with van der Waals surface area (Å²) in [5.74, 6) is 0.514. The summed E-state index contributed by atoms with van der Waals surface area (Å²) in [6.45, 7) is 3.72. The quantitative estimate of drug-likeness (QED) is 0.725. The smallest absolute Gasteiger partial charge is 0.314 e. The fraction of sp³-hybridized carbons (Fsp3) is 0.333. The highest BCUT2D eigenvalue weighted by atomic mass is 19.4. The molecule has 3 aliphatic heterocycles. The van der Waals surface area contributed by atoms with Gasteiger partial charge in [0.25, 0.3) is 5.91 Å². The number of rotatable bonds is 4. The predicted molar refractivity (Wildman–Crippen MR) is 114 cm³/mol. The van der Waals surface area contributed by atoms with E-state index in [4.69, 9.17) is 0 Å². The van der Waals surface area contributed by atoms with Gasteiger partial charge in [-0.15, -0.1) is 0 Å². The fourth-order valence-electron chi connectivity index (χ4n) is 4.57. The Hall–Kier alpha value is -3.13. The predicted octanol–water partition coefficient (Wildman–Crippen LogP) is 3.88. The molecule has 8 heteroatoms. The van der Waals surface area contributed by atoms with Gasteiger partial charge in [-0.1, -0.05) is 42.5 Å². The van der Waals surface area contributed by atoms with Gasteiger partial charge in [-0.3, -0.25) is 19.6 Å². The molecule has 32 heavy (non-hydrogen) atoms. The van der Waals surface area contributed by atoms with E-state index >= 15 is 0 Å². The number of fused-ring (bicyclic) bond motifs is 2. The van der Waals surface area contributed by atoms with Crippen molar-refractivity contribution >= 4 is 11.9 Å². The first-order valence-corrected chi connectivity index (χ1v) is 10.7. The molecule has 0 unspecified atom stereocenters. The van der Waals surface area contributed by atoms with Crippen LogP contribution in [-0.4, -0.2) is 52.7 Å². The topological polar surface area (TPSA) is 39.2 Å². The van der Waals surface area contributed by atoms with Crippen LogP contribution in [0.25, 0.3) is 0 Å². The van der Waals surface area contributed by atoms with E-state index in [0.29, 0.717) is 24.6 Å². The Morgan fingerprint density at radius 1 is 0.906 bits per heavy atom. The molecule has 2 aromatic carbocycles. The number of carbonyl (C=O) groups is 1. The van der Waals surface area contributed by atoms with Gasteiger partial charge < -0.3 is 4.90 Å². The highest BCUT2D eigenvalue weighted by Gasteiger charge is 2.41. The van der Waals surface area contributed by atoms with Gasteiger partial charge in [-0.05, 0) is 23.3 Å². The maximum Gasteiger partial charge on any atom is 0.416 e. The van der Waals surface area contributed by atoms with Crippen LogP contribution in [0.1, 0.15) is 23.1 Å². The number of aliphatic imine (C=N–C) groups is 1. The number of hydrogen-bond acceptors (Lipinski definition) is 4. The second-order valence-electron chi connectivity index (χ2n) is 8.29. The highest BCUT2D eigenvalue weighted by molar-refractivity contribution is 6.09. The third-order valence-corrected chi connectivity index (χ3v) is 6.15. The number of carbonyl (C=O) groups excluding carboxylic acids is 1. The van der Waals surface area contributed by atoms with E-state index in [1.165, 1.54) is 17.7 Å². The van der Waals surface area contributed by atoms with Crippen molar-refractivity contribution < 1.29 is 18.0 Å². The van der Waals surface area contributed by atoms with Crippen LogP contribution in [0, 0.1) is 0 Å². The first-order chi connectivity index (χ1) is 15.4. The molecule has 0 N–H and O–H groups in total. The lowest BCUT2D eigenvalue weighted by atomic mass is 10.00. The molecule has 3 heterocycles. The summed E-state index contributed by atoms with van der Waals surface area (Å²) in [6, 6.07) is 15.1. The van der Waals surface area contributed by atoms with Gasteiger partial charge in [0.15, 0.2) is 0 Å². The summed E-state index contributed by atoms with van der Waals surface area (Å²) in [4.78, 5) is 24.0. The van der Waals surface area contributed by atoms with E-state index in [-0.39, 0.29) is 12.5 Å². The molecule has 0 saturated heterocycles. The Balaban J connectivity index is 1.37. The fourth-order valence-corrected chi connectivity index (χ4v) is 4.57. The minimum atomic E-state index is -4.38. The summed E-state index contributed by atoms with van der Waals surface area (Å²) in [7, 11) is 0. The zero-order valence-electron chi connectivity index (χ0n) is 17.5. The van der Waals surface area contributed by atoms with Crippen LogP contribution in [0.5, 0.6) is 0 Å². The lowest BCUT2D eigenvalue weighted by molar-refractivity contribution is -0.137. The summed E-state index contributed by atoms with van der Waals surface area (Å²) in [5, 5.41) is 0. The van der Waals surface area contributed by atoms with Crippen molar-refractivity contribution in [3.8, 4) is 0 Å². The molecule has 0 atom stereocenters. The van der Waals surface area contributed by atoms with Crippen molar-refractivity contribution in [3.05, 3.63) is 82.6 Å². The van der Waals surface area contributed by atoms with Gasteiger partial charge in [-0.2, -0.15) is 13.2 Å². The van der Waals surface area contributed by atoms with E-state index in [2.05, 4.69) is 26.9 Å². The second-order valence-corrected chi connectivity index (χ2v) is 8.29. The third kappa shape index (κ3) is 3.90. The Kier molecular flexibility index (Phi) is 5.25. The van der Waals surface area contributed by atoms with Gasteiger partial charge in [0.2, 0.25) is 5.96 Å². The third-order valence-electron chi connectivity index (χ3n) is 6.15. The van der Waals surface area contributed by atoms with Crippen molar-refractivity contribution in [3.63, 3.8) is 0 Å². The molecule has 0 bridgehead atoms. The first kappa shape index (κ1) is 20.8. The monoisotopic (exact) mass is 440 g/mol. The molecule has 2 aromatic rings. The zero-order valence-corrected chi connectivity index (χ0v) is 17.5. The number of halogens is 3. The number of benzene rings is 2. The maximum absolute atomic E-state index is 13.5. The lowest BCUT2D eigenvalue weighted by Gasteiger charge is -2.42. The molecule has 0 radical (unpaired) electrons. The van der Waals surface area contributed by atoms with Crippen LogP contribution in [0.2, 0.25) is 0 Å². The lowest BCUT2D eigenvalue weighted by Crippen LogP contribution is -2.53. The average molecular weight is 440 g/mol. The highest BCUT2D eigenvalue weighted by Crippen LogP contribution is 2.33. The summed E-state index contributed by atoms with van der Waals surface area (Å²) >= 11 is 0. The molecule has 0 aliphatic carbocycles. The van der Waals surface area contributed by atoms with E-state index in [9.17, 15) is 18.0 Å². The van der Waals surface area contributed by atoms with Crippen LogP contribution in [0.4, 0.5) is 13.2 Å². The summed E-state index contributed by atoms with van der Waals surface area (Å²) in [5.41, 5.74) is 2.95. The minimum Gasteiger partial charge on any atom is -0.314 e. The number of hydrogen-bond donors (Lipinski definition) is 0. The summed E-state index contributed by atoms with van der Waals surface area (Å²) < 4.78 is 38.7. The SMILES string of the molecule is O=C1C2=C(CCN(Cc3ccccc3)C2)N2CCN=C2N1Cc1ccc(C(F)(F)F)cc1. The van der Waals surface area contributed by atoms with Crippen LogP contribution in [-0.2, 0) is 24.1 Å². The summed E-state index contributed by atoms with van der Waals surface area (Å²) in [6.07, 6.45) is -3.60. The standard InChI is InChI=1S/C24H23F3N4O/c25-24(26,27)19-8-6-18(7-9-19)15-31-22(32)20-16-29(14-17-4-2-1-3-5-17)12-10-21(20)30-13-11-28-23(30)31/h1-9H,10-16H2. The van der Waals surface area contributed by atoms with Gasteiger partial charge >= 0.3 is 6.18 Å². The molecule has 0 aromatic heterocycles. The normalized spacial score (nSPS) is 19.2. The van der Waals surface area contributed by atoms with Crippen LogP contribution < -0.4 is 0 Å². The Morgan fingerprint density at radius 3 is 2.34 bits per heavy atom. The van der Waals surface area contributed by atoms with E-state index < -0.39 is 11.7 Å². The molecule has 3 aliphatic rings. The van der Waals surface area contributed by atoms with Crippen molar-refractivity contribution in [2.24, 2.45) is 4.99 Å². The van der Waals surface area contributed by atoms with Gasteiger partial charge in [0.05, 0.1) is 24.2 Å². The molecule has 0 spiro atoms. The molecule has 0 saturated carbocycles. The van der Waals surface area contributed by atoms with Gasteiger partial charge in [-0.25, -0.2) is 0 Å².